The molecule has 0 fully saturated rings. The van der Waals surface area contributed by atoms with Crippen LogP contribution >= 0.6 is 0 Å². The van der Waals surface area contributed by atoms with Gasteiger partial charge in [-0.1, -0.05) is 18.6 Å². The van der Waals surface area contributed by atoms with Crippen molar-refractivity contribution in [1.82, 2.24) is 20.3 Å². The quantitative estimate of drug-likeness (QED) is 0.514. The average molecular weight is 300 g/mol. The summed E-state index contributed by atoms with van der Waals surface area (Å²) in [6.07, 6.45) is 4.31. The second-order valence-electron chi connectivity index (χ2n) is 4.73. The van der Waals surface area contributed by atoms with Gasteiger partial charge in [0.25, 0.3) is 0 Å². The Hall–Kier alpha value is -1.02. The molecule has 1 aromatic rings. The van der Waals surface area contributed by atoms with Crippen molar-refractivity contribution in [1.29, 1.82) is 0 Å². The molecule has 0 aliphatic rings. The summed E-state index contributed by atoms with van der Waals surface area (Å²) in [4.78, 5) is 0. The van der Waals surface area contributed by atoms with Gasteiger partial charge in [0.1, 0.15) is 5.69 Å². The molecular formula is C14H28N4O3. The van der Waals surface area contributed by atoms with Crippen LogP contribution in [0.2, 0.25) is 0 Å². The second-order valence-corrected chi connectivity index (χ2v) is 4.73. The Morgan fingerprint density at radius 3 is 2.71 bits per heavy atom. The number of unbranched alkanes of at least 4 members (excludes halogenated alkanes) is 1. The first kappa shape index (κ1) is 18.0. The Bertz CT molecular complexity index is 347. The molecule has 21 heavy (non-hydrogen) atoms. The third-order valence-corrected chi connectivity index (χ3v) is 2.85. The standard InChI is InChI=1S/C14H28N4O3/c1-3-4-5-15-6-8-20-10-11-21-9-7-18-12-14(13-19-2)16-17-18/h12,15H,3-11,13H2,1-2H3. The zero-order valence-electron chi connectivity index (χ0n) is 13.2. The molecule has 0 aromatic carbocycles. The van der Waals surface area contributed by atoms with E-state index in [0.29, 0.717) is 33.0 Å². The molecule has 0 unspecified atom stereocenters. The van der Waals surface area contributed by atoms with E-state index in [-0.39, 0.29) is 0 Å². The predicted molar refractivity (Wildman–Crippen MR) is 80.2 cm³/mol. The van der Waals surface area contributed by atoms with Crippen molar-refractivity contribution in [2.75, 3.05) is 46.6 Å². The highest BCUT2D eigenvalue weighted by molar-refractivity contribution is 4.89. The molecule has 0 bridgehead atoms. The fourth-order valence-electron chi connectivity index (χ4n) is 1.71. The van der Waals surface area contributed by atoms with E-state index in [0.717, 1.165) is 25.4 Å². The molecule has 1 rings (SSSR count). The maximum Gasteiger partial charge on any atom is 0.108 e. The van der Waals surface area contributed by atoms with Gasteiger partial charge in [-0.25, -0.2) is 4.68 Å². The van der Waals surface area contributed by atoms with Crippen LogP contribution in [0.5, 0.6) is 0 Å². The summed E-state index contributed by atoms with van der Waals surface area (Å²) in [5.74, 6) is 0. The number of nitrogens with zero attached hydrogens (tertiary/aromatic N) is 3. The molecule has 1 N–H and O–H groups in total. The SMILES string of the molecule is CCCCNCCOCCOCCn1cc(COC)nn1. The molecule has 1 heterocycles. The van der Waals surface area contributed by atoms with Crippen LogP contribution in [-0.2, 0) is 27.4 Å². The van der Waals surface area contributed by atoms with Crippen molar-refractivity contribution in [2.45, 2.75) is 32.9 Å². The first-order chi connectivity index (χ1) is 10.4. The Balaban J connectivity index is 1.86. The normalized spacial score (nSPS) is 11.1. The number of aromatic nitrogens is 3. The van der Waals surface area contributed by atoms with E-state index in [2.05, 4.69) is 22.6 Å². The minimum absolute atomic E-state index is 0.487. The van der Waals surface area contributed by atoms with E-state index >= 15 is 0 Å². The highest BCUT2D eigenvalue weighted by Crippen LogP contribution is 1.94. The van der Waals surface area contributed by atoms with Gasteiger partial charge in [-0.3, -0.25) is 0 Å². The molecule has 0 atom stereocenters. The van der Waals surface area contributed by atoms with E-state index in [4.69, 9.17) is 14.2 Å². The zero-order valence-corrected chi connectivity index (χ0v) is 13.2. The van der Waals surface area contributed by atoms with E-state index < -0.39 is 0 Å². The summed E-state index contributed by atoms with van der Waals surface area (Å²) in [5.41, 5.74) is 0.830. The smallest absolute Gasteiger partial charge is 0.108 e. The van der Waals surface area contributed by atoms with Gasteiger partial charge in [0.2, 0.25) is 0 Å². The van der Waals surface area contributed by atoms with Crippen LogP contribution in [0, 0.1) is 0 Å². The Morgan fingerprint density at radius 2 is 1.95 bits per heavy atom. The van der Waals surface area contributed by atoms with E-state index in [1.807, 2.05) is 6.20 Å². The Labute approximate surface area is 126 Å². The van der Waals surface area contributed by atoms with Crippen LogP contribution in [-0.4, -0.2) is 61.6 Å². The summed E-state index contributed by atoms with van der Waals surface area (Å²) in [7, 11) is 1.64. The summed E-state index contributed by atoms with van der Waals surface area (Å²) in [5, 5.41) is 11.3. The van der Waals surface area contributed by atoms with Gasteiger partial charge in [-0.05, 0) is 13.0 Å². The van der Waals surface area contributed by atoms with Crippen molar-refractivity contribution in [3.8, 4) is 0 Å². The molecular weight excluding hydrogens is 272 g/mol. The zero-order chi connectivity index (χ0) is 15.2. The Kier molecular flexibility index (Phi) is 10.9. The topological polar surface area (TPSA) is 70.4 Å². The average Bonchev–Trinajstić information content (AvgIpc) is 2.93. The van der Waals surface area contributed by atoms with Gasteiger partial charge in [-0.2, -0.15) is 0 Å². The summed E-state index contributed by atoms with van der Waals surface area (Å²) in [6.45, 7) is 7.91. The van der Waals surface area contributed by atoms with Gasteiger partial charge >= 0.3 is 0 Å². The largest absolute Gasteiger partial charge is 0.378 e. The van der Waals surface area contributed by atoms with Crippen molar-refractivity contribution in [3.05, 3.63) is 11.9 Å². The van der Waals surface area contributed by atoms with Crippen molar-refractivity contribution in [3.63, 3.8) is 0 Å². The number of ether oxygens (including phenoxy) is 3. The maximum absolute atomic E-state index is 5.49. The highest BCUT2D eigenvalue weighted by Gasteiger charge is 1.99. The van der Waals surface area contributed by atoms with Crippen LogP contribution in [0.15, 0.2) is 6.20 Å². The van der Waals surface area contributed by atoms with Gasteiger partial charge < -0.3 is 19.5 Å². The Morgan fingerprint density at radius 1 is 1.14 bits per heavy atom. The molecule has 0 radical (unpaired) electrons. The highest BCUT2D eigenvalue weighted by atomic mass is 16.5. The predicted octanol–water partition coefficient (Wildman–Crippen LogP) is 0.847. The van der Waals surface area contributed by atoms with Crippen molar-refractivity contribution < 1.29 is 14.2 Å². The third kappa shape index (κ3) is 9.52. The van der Waals surface area contributed by atoms with Crippen LogP contribution in [0.1, 0.15) is 25.5 Å². The molecule has 122 valence electrons. The number of nitrogens with one attached hydrogen (secondary N) is 1. The van der Waals surface area contributed by atoms with Crippen LogP contribution in [0.4, 0.5) is 0 Å². The lowest BCUT2D eigenvalue weighted by Crippen LogP contribution is -2.21. The van der Waals surface area contributed by atoms with Crippen LogP contribution in [0.3, 0.4) is 0 Å². The molecule has 7 nitrogen and oxygen atoms in total. The van der Waals surface area contributed by atoms with E-state index in [9.17, 15) is 0 Å². The maximum atomic E-state index is 5.49. The van der Waals surface area contributed by atoms with Gasteiger partial charge in [0, 0.05) is 13.7 Å². The molecule has 0 aliphatic heterocycles. The molecule has 0 spiro atoms. The van der Waals surface area contributed by atoms with E-state index in [1.54, 1.807) is 11.8 Å². The summed E-state index contributed by atoms with van der Waals surface area (Å²) < 4.78 is 17.7. The fourth-order valence-corrected chi connectivity index (χ4v) is 1.71. The molecule has 0 saturated heterocycles. The third-order valence-electron chi connectivity index (χ3n) is 2.85. The summed E-state index contributed by atoms with van der Waals surface area (Å²) >= 11 is 0. The lowest BCUT2D eigenvalue weighted by Gasteiger charge is -2.06. The lowest BCUT2D eigenvalue weighted by molar-refractivity contribution is 0.0449. The first-order valence-electron chi connectivity index (χ1n) is 7.61. The molecule has 1 aromatic heterocycles. The van der Waals surface area contributed by atoms with Crippen LogP contribution < -0.4 is 5.32 Å². The number of methoxy groups -OCH3 is 1. The van der Waals surface area contributed by atoms with E-state index in [1.165, 1.54) is 12.8 Å². The van der Waals surface area contributed by atoms with Crippen LogP contribution in [0.25, 0.3) is 0 Å². The number of hydrogen-bond donors (Lipinski definition) is 1. The molecule has 0 amide bonds. The van der Waals surface area contributed by atoms with Gasteiger partial charge in [-0.15, -0.1) is 5.10 Å². The van der Waals surface area contributed by atoms with Gasteiger partial charge in [0.05, 0.1) is 45.8 Å². The molecule has 7 heteroatoms. The molecule has 0 aliphatic carbocycles. The monoisotopic (exact) mass is 300 g/mol. The first-order valence-corrected chi connectivity index (χ1v) is 7.61. The van der Waals surface area contributed by atoms with Crippen molar-refractivity contribution >= 4 is 0 Å². The molecule has 0 saturated carbocycles. The van der Waals surface area contributed by atoms with Crippen molar-refractivity contribution in [2.24, 2.45) is 0 Å². The second kappa shape index (κ2) is 12.7. The van der Waals surface area contributed by atoms with Gasteiger partial charge in [0.15, 0.2) is 0 Å². The number of rotatable bonds is 14. The fraction of sp³-hybridized carbons (Fsp3) is 0.857. The lowest BCUT2D eigenvalue weighted by atomic mass is 10.3. The minimum Gasteiger partial charge on any atom is -0.378 e. The number of hydrogen-bond acceptors (Lipinski definition) is 6. The summed E-state index contributed by atoms with van der Waals surface area (Å²) in [6, 6.07) is 0. The minimum atomic E-state index is 0.487.